The lowest BCUT2D eigenvalue weighted by atomic mass is 9.92. The lowest BCUT2D eigenvalue weighted by Crippen LogP contribution is -2.45. The number of benzene rings is 2. The zero-order valence-electron chi connectivity index (χ0n) is 24.9. The van der Waals surface area contributed by atoms with E-state index in [4.69, 9.17) is 19.3 Å². The van der Waals surface area contributed by atoms with Gasteiger partial charge in [0.1, 0.15) is 5.75 Å². The van der Waals surface area contributed by atoms with Crippen molar-refractivity contribution in [3.05, 3.63) is 83.6 Å². The maximum Gasteiger partial charge on any atom is 0.310 e. The summed E-state index contributed by atoms with van der Waals surface area (Å²) in [5, 5.41) is 14.6. The molecule has 2 aromatic carbocycles. The zero-order valence-corrected chi connectivity index (χ0v) is 24.9. The zero-order chi connectivity index (χ0) is 30.0. The number of hydrogen-bond acceptors (Lipinski definition) is 7. The fourth-order valence-corrected chi connectivity index (χ4v) is 6.02. The van der Waals surface area contributed by atoms with Gasteiger partial charge in [-0.05, 0) is 80.1 Å². The second-order valence-corrected chi connectivity index (χ2v) is 11.5. The van der Waals surface area contributed by atoms with Gasteiger partial charge in [0.15, 0.2) is 0 Å². The first-order chi connectivity index (χ1) is 20.9. The molecule has 8 heteroatoms. The number of piperidine rings is 1. The van der Waals surface area contributed by atoms with Crippen LogP contribution in [0.25, 0.3) is 27.9 Å². The topological polar surface area (TPSA) is 89.1 Å². The molecule has 0 amide bonds. The molecule has 6 bridgehead atoms. The highest BCUT2D eigenvalue weighted by Crippen LogP contribution is 2.38. The third kappa shape index (κ3) is 5.86. The van der Waals surface area contributed by atoms with E-state index < -0.39 is 0 Å². The number of carbonyl (C=O) groups excluding carboxylic acids is 1. The first kappa shape index (κ1) is 28.5. The number of nitriles is 1. The van der Waals surface area contributed by atoms with E-state index in [2.05, 4.69) is 42.2 Å². The molecule has 5 heterocycles. The Morgan fingerprint density at radius 2 is 1.93 bits per heavy atom. The Kier molecular flexibility index (Phi) is 7.92. The number of esters is 1. The molecular weight excluding hydrogens is 540 g/mol. The first-order valence-corrected chi connectivity index (χ1v) is 14.8. The molecule has 220 valence electrons. The molecule has 1 saturated heterocycles. The number of ether oxygens (including phenoxy) is 3. The Balaban J connectivity index is 1.51. The van der Waals surface area contributed by atoms with Gasteiger partial charge < -0.3 is 19.1 Å². The smallest absolute Gasteiger partial charge is 0.310 e. The summed E-state index contributed by atoms with van der Waals surface area (Å²) in [6, 6.07) is 18.1. The van der Waals surface area contributed by atoms with Crippen molar-refractivity contribution in [3.8, 4) is 34.2 Å². The quantitative estimate of drug-likeness (QED) is 0.205. The van der Waals surface area contributed by atoms with Gasteiger partial charge in [-0.15, -0.1) is 0 Å². The number of anilines is 1. The van der Waals surface area contributed by atoms with Crippen LogP contribution in [0.5, 0.6) is 5.75 Å². The Bertz CT molecular complexity index is 1740. The van der Waals surface area contributed by atoms with Crippen molar-refractivity contribution >= 4 is 17.2 Å². The predicted octanol–water partition coefficient (Wildman–Crippen LogP) is 6.28. The molecule has 3 aliphatic rings. The van der Waals surface area contributed by atoms with Gasteiger partial charge in [-0.2, -0.15) is 10.4 Å². The van der Waals surface area contributed by atoms with E-state index >= 15 is 0 Å². The number of methoxy groups -OCH3 is 1. The van der Waals surface area contributed by atoms with Gasteiger partial charge in [-0.1, -0.05) is 30.4 Å². The van der Waals surface area contributed by atoms with Crippen LogP contribution in [0.2, 0.25) is 0 Å². The first-order valence-electron chi connectivity index (χ1n) is 14.8. The predicted molar refractivity (Wildman–Crippen MR) is 166 cm³/mol. The van der Waals surface area contributed by atoms with Crippen molar-refractivity contribution in [1.82, 2.24) is 9.61 Å². The molecule has 0 saturated carbocycles. The van der Waals surface area contributed by atoms with Gasteiger partial charge in [0, 0.05) is 30.4 Å². The molecular formula is C35H36N4O4. The molecule has 0 spiro atoms. The van der Waals surface area contributed by atoms with Gasteiger partial charge in [-0.3, -0.25) is 4.79 Å². The lowest BCUT2D eigenvalue weighted by molar-refractivity contribution is -0.139. The molecule has 0 unspecified atom stereocenters. The minimum atomic E-state index is -0.267. The second kappa shape index (κ2) is 11.9. The summed E-state index contributed by atoms with van der Waals surface area (Å²) in [5.74, 6) is 0.463. The standard InChI is InChI=1S/C35H36N4O4/c1-24-23-39-31-21-30(37-39)27-9-7-8-26(19-27)29-18-25(22-36)10-11-32(29)42-16-5-4-6-17-43-35(2)12-14-38(15-13-35)34(31)28(24)20-33(40)41-3/h4,6-11,18-19,21,23H,5,12-17,20H2,1-3H3. The summed E-state index contributed by atoms with van der Waals surface area (Å²) in [5.41, 5.74) is 7.83. The Labute approximate surface area is 252 Å². The molecule has 3 aliphatic heterocycles. The second-order valence-electron chi connectivity index (χ2n) is 11.5. The SMILES string of the molecule is COC(=O)Cc1c(C)cn2nc3cc2c1N1CCC(C)(CC1)OCC=CCCOc1ccc(C#N)cc1-c1cccc-3c1. The van der Waals surface area contributed by atoms with E-state index in [0.717, 1.165) is 82.8 Å². The summed E-state index contributed by atoms with van der Waals surface area (Å²) in [7, 11) is 1.43. The fraction of sp³-hybridized carbons (Fsp3) is 0.343. The van der Waals surface area contributed by atoms with E-state index in [9.17, 15) is 10.1 Å². The maximum atomic E-state index is 12.5. The number of rotatable bonds is 2. The highest BCUT2D eigenvalue weighted by Gasteiger charge is 2.33. The number of aromatic nitrogens is 2. The third-order valence-corrected chi connectivity index (χ3v) is 8.56. The van der Waals surface area contributed by atoms with Crippen molar-refractivity contribution in [2.24, 2.45) is 0 Å². The molecule has 2 aromatic heterocycles. The maximum absolute atomic E-state index is 12.5. The van der Waals surface area contributed by atoms with Crippen LogP contribution in [0, 0.1) is 18.3 Å². The largest absolute Gasteiger partial charge is 0.493 e. The van der Waals surface area contributed by atoms with Crippen LogP contribution in [-0.4, -0.2) is 54.6 Å². The van der Waals surface area contributed by atoms with E-state index in [1.807, 2.05) is 48.0 Å². The van der Waals surface area contributed by atoms with Crippen molar-refractivity contribution in [3.63, 3.8) is 0 Å². The summed E-state index contributed by atoms with van der Waals surface area (Å²) in [4.78, 5) is 14.9. The van der Waals surface area contributed by atoms with E-state index in [1.54, 1.807) is 6.07 Å². The number of hydrogen-bond donors (Lipinski definition) is 0. The Morgan fingerprint density at radius 3 is 2.72 bits per heavy atom. The van der Waals surface area contributed by atoms with E-state index in [-0.39, 0.29) is 18.0 Å². The van der Waals surface area contributed by atoms with Gasteiger partial charge in [0.25, 0.3) is 0 Å². The molecule has 7 rings (SSSR count). The van der Waals surface area contributed by atoms with Crippen molar-refractivity contribution in [2.75, 3.05) is 38.3 Å². The van der Waals surface area contributed by atoms with Gasteiger partial charge in [-0.25, -0.2) is 4.52 Å². The highest BCUT2D eigenvalue weighted by molar-refractivity contribution is 5.86. The van der Waals surface area contributed by atoms with Crippen LogP contribution in [0.4, 0.5) is 5.69 Å². The lowest BCUT2D eigenvalue weighted by Gasteiger charge is -2.41. The third-order valence-electron chi connectivity index (χ3n) is 8.56. The van der Waals surface area contributed by atoms with Crippen molar-refractivity contribution in [2.45, 2.75) is 45.1 Å². The molecule has 4 aromatic rings. The van der Waals surface area contributed by atoms with Gasteiger partial charge in [0.05, 0.1) is 60.9 Å². The summed E-state index contributed by atoms with van der Waals surface area (Å²) in [6.45, 7) is 6.87. The number of aryl methyl sites for hydroxylation is 1. The van der Waals surface area contributed by atoms with E-state index in [1.165, 1.54) is 7.11 Å². The van der Waals surface area contributed by atoms with Crippen LogP contribution in [0.3, 0.4) is 0 Å². The van der Waals surface area contributed by atoms with Crippen LogP contribution < -0.4 is 9.64 Å². The Hall–Kier alpha value is -4.61. The van der Waals surface area contributed by atoms with Gasteiger partial charge >= 0.3 is 5.97 Å². The average Bonchev–Trinajstić information content (AvgIpc) is 3.44. The Morgan fingerprint density at radius 1 is 1.12 bits per heavy atom. The molecule has 0 N–H and O–H groups in total. The summed E-state index contributed by atoms with van der Waals surface area (Å²) >= 11 is 0. The minimum absolute atomic E-state index is 0.192. The normalized spacial score (nSPS) is 16.4. The van der Waals surface area contributed by atoms with E-state index in [0.29, 0.717) is 18.8 Å². The minimum Gasteiger partial charge on any atom is -0.493 e. The van der Waals surface area contributed by atoms with Gasteiger partial charge in [0.2, 0.25) is 0 Å². The average molecular weight is 577 g/mol. The fourth-order valence-electron chi connectivity index (χ4n) is 6.02. The van der Waals surface area contributed by atoms with Crippen molar-refractivity contribution in [1.29, 1.82) is 5.26 Å². The highest BCUT2D eigenvalue weighted by atomic mass is 16.5. The molecule has 8 nitrogen and oxygen atoms in total. The van der Waals surface area contributed by atoms with Crippen LogP contribution in [0.15, 0.2) is 66.9 Å². The van der Waals surface area contributed by atoms with Crippen molar-refractivity contribution < 1.29 is 19.0 Å². The molecule has 0 atom stereocenters. The number of nitrogens with zero attached hydrogens (tertiary/aromatic N) is 4. The number of fused-ring (bicyclic) bond motifs is 7. The van der Waals surface area contributed by atoms with Crippen LogP contribution in [-0.2, 0) is 20.7 Å². The van der Waals surface area contributed by atoms with Crippen LogP contribution in [0.1, 0.15) is 42.9 Å². The molecule has 1 fully saturated rings. The van der Waals surface area contributed by atoms with Crippen LogP contribution >= 0.6 is 0 Å². The monoisotopic (exact) mass is 576 g/mol. The molecule has 0 radical (unpaired) electrons. The molecule has 0 aliphatic carbocycles. The molecule has 43 heavy (non-hydrogen) atoms. The summed E-state index contributed by atoms with van der Waals surface area (Å²) in [6.07, 6.45) is 8.83. The summed E-state index contributed by atoms with van der Waals surface area (Å²) < 4.78 is 19.6. The number of pyridine rings is 1. The number of carbonyl (C=O) groups is 1.